The molecule has 0 spiro atoms. The summed E-state index contributed by atoms with van der Waals surface area (Å²) in [5.74, 6) is -0.200. The predicted molar refractivity (Wildman–Crippen MR) is 130 cm³/mol. The van der Waals surface area contributed by atoms with E-state index in [0.29, 0.717) is 28.5 Å². The van der Waals surface area contributed by atoms with Gasteiger partial charge in [0.2, 0.25) is 5.91 Å². The molecule has 188 valence electrons. The van der Waals surface area contributed by atoms with Gasteiger partial charge in [-0.05, 0) is 36.9 Å². The lowest BCUT2D eigenvalue weighted by Gasteiger charge is -2.12. The maximum atomic E-state index is 12.8. The lowest BCUT2D eigenvalue weighted by atomic mass is 10.1. The number of halogens is 2. The maximum Gasteiger partial charge on any atom is 0.387 e. The molecule has 36 heavy (non-hydrogen) atoms. The smallest absolute Gasteiger partial charge is 0.387 e. The van der Waals surface area contributed by atoms with Gasteiger partial charge in [0, 0.05) is 42.9 Å². The molecular formula is C23H23F2N7O3S. The van der Waals surface area contributed by atoms with Crippen molar-refractivity contribution in [3.05, 3.63) is 54.6 Å². The minimum atomic E-state index is -2.99. The lowest BCUT2D eigenvalue weighted by Crippen LogP contribution is -2.17. The number of carbonyl (C=O) groups is 2. The third-order valence-electron chi connectivity index (χ3n) is 5.39. The maximum absolute atomic E-state index is 12.8. The first-order valence-electron chi connectivity index (χ1n) is 10.9. The minimum Gasteiger partial charge on any atom is -0.434 e. The van der Waals surface area contributed by atoms with Gasteiger partial charge in [0.05, 0.1) is 23.8 Å². The van der Waals surface area contributed by atoms with E-state index in [4.69, 9.17) is 0 Å². The highest BCUT2D eigenvalue weighted by molar-refractivity contribution is 7.98. The molecule has 13 heteroatoms. The van der Waals surface area contributed by atoms with Crippen molar-refractivity contribution >= 4 is 34.9 Å². The number of rotatable bonds is 6. The second-order valence-corrected chi connectivity index (χ2v) is 8.60. The van der Waals surface area contributed by atoms with Gasteiger partial charge in [-0.2, -0.15) is 19.0 Å². The van der Waals surface area contributed by atoms with Crippen LogP contribution in [0.1, 0.15) is 23.2 Å². The van der Waals surface area contributed by atoms with E-state index in [-0.39, 0.29) is 11.3 Å². The number of carbonyl (C=O) groups excluding carboxylic acids is 2. The summed E-state index contributed by atoms with van der Waals surface area (Å²) in [4.78, 5) is 30.0. The average Bonchev–Trinajstić information content (AvgIpc) is 3.60. The average molecular weight is 516 g/mol. The molecule has 10 nitrogen and oxygen atoms in total. The van der Waals surface area contributed by atoms with Crippen LogP contribution in [0.3, 0.4) is 0 Å². The third kappa shape index (κ3) is 5.62. The van der Waals surface area contributed by atoms with Crippen molar-refractivity contribution in [2.45, 2.75) is 24.3 Å². The Balaban J connectivity index is 0.000000375. The molecule has 0 atom stereocenters. The topological polar surface area (TPSA) is 118 Å². The SMILES string of the molecule is CN1CCCC1=O.CSc1ccc(OC(F)F)c(-c2[nH]ncc2NC(=O)c2cnn3cccnc23)c1. The number of thioether (sulfide) groups is 1. The standard InChI is InChI=1S/C18H14F2N6O2S.C5H9NO/c1-29-10-3-4-14(28-18(19)20)11(7-10)15-13(9-22-25-15)24-17(27)12-8-23-26-6-2-5-21-16(12)26;1-6-4-2-3-5(6)7/h2-9,18H,1H3,(H,22,25)(H,24,27);2-4H2,1H3. The van der Waals surface area contributed by atoms with Crippen LogP contribution in [0.2, 0.25) is 0 Å². The number of anilines is 1. The summed E-state index contributed by atoms with van der Waals surface area (Å²) in [7, 11) is 1.84. The Morgan fingerprint density at radius 3 is 2.81 bits per heavy atom. The van der Waals surface area contributed by atoms with Gasteiger partial charge in [-0.25, -0.2) is 9.50 Å². The number of amides is 2. The lowest BCUT2D eigenvalue weighted by molar-refractivity contribution is -0.126. The van der Waals surface area contributed by atoms with Gasteiger partial charge in [-0.15, -0.1) is 11.8 Å². The zero-order valence-electron chi connectivity index (χ0n) is 19.4. The van der Waals surface area contributed by atoms with Gasteiger partial charge in [0.15, 0.2) is 5.65 Å². The van der Waals surface area contributed by atoms with Crippen LogP contribution >= 0.6 is 11.8 Å². The molecule has 1 aliphatic heterocycles. The van der Waals surface area contributed by atoms with Crippen LogP contribution in [0.4, 0.5) is 14.5 Å². The van der Waals surface area contributed by atoms with Crippen LogP contribution in [-0.4, -0.2) is 68.0 Å². The van der Waals surface area contributed by atoms with Gasteiger partial charge in [0.1, 0.15) is 11.3 Å². The van der Waals surface area contributed by atoms with Crippen molar-refractivity contribution in [2.24, 2.45) is 0 Å². The first-order valence-corrected chi connectivity index (χ1v) is 12.1. The van der Waals surface area contributed by atoms with Crippen molar-refractivity contribution in [3.8, 4) is 17.0 Å². The van der Waals surface area contributed by atoms with Crippen LogP contribution < -0.4 is 10.1 Å². The molecule has 0 radical (unpaired) electrons. The van der Waals surface area contributed by atoms with Gasteiger partial charge in [-0.1, -0.05) is 0 Å². The van der Waals surface area contributed by atoms with Gasteiger partial charge in [0.25, 0.3) is 5.91 Å². The number of alkyl halides is 2. The van der Waals surface area contributed by atoms with Crippen LogP contribution in [0.5, 0.6) is 5.75 Å². The Hall–Kier alpha value is -4.00. The Bertz CT molecular complexity index is 1370. The highest BCUT2D eigenvalue weighted by Crippen LogP contribution is 2.37. The van der Waals surface area contributed by atoms with Crippen molar-refractivity contribution in [1.82, 2.24) is 29.7 Å². The molecule has 2 N–H and O–H groups in total. The fourth-order valence-electron chi connectivity index (χ4n) is 3.58. The molecule has 5 rings (SSSR count). The molecule has 0 saturated carbocycles. The number of aromatic amines is 1. The number of fused-ring (bicyclic) bond motifs is 1. The van der Waals surface area contributed by atoms with E-state index >= 15 is 0 Å². The highest BCUT2D eigenvalue weighted by atomic mass is 32.2. The monoisotopic (exact) mass is 515 g/mol. The van der Waals surface area contributed by atoms with Crippen molar-refractivity contribution in [1.29, 1.82) is 0 Å². The largest absolute Gasteiger partial charge is 0.434 e. The number of aromatic nitrogens is 5. The van der Waals surface area contributed by atoms with E-state index < -0.39 is 12.5 Å². The molecule has 4 aromatic rings. The fourth-order valence-corrected chi connectivity index (χ4v) is 4.02. The van der Waals surface area contributed by atoms with Crippen LogP contribution in [-0.2, 0) is 4.79 Å². The van der Waals surface area contributed by atoms with E-state index in [9.17, 15) is 18.4 Å². The Morgan fingerprint density at radius 2 is 2.14 bits per heavy atom. The molecule has 0 unspecified atom stereocenters. The second kappa shape index (κ2) is 11.2. The number of H-pyrrole nitrogens is 1. The number of nitrogens with one attached hydrogen (secondary N) is 2. The zero-order valence-corrected chi connectivity index (χ0v) is 20.3. The van der Waals surface area contributed by atoms with Crippen LogP contribution in [0.15, 0.2) is 53.9 Å². The molecule has 1 fully saturated rings. The molecular weight excluding hydrogens is 492 g/mol. The first kappa shape index (κ1) is 25.1. The molecule has 4 heterocycles. The minimum absolute atomic E-state index is 0.0322. The summed E-state index contributed by atoms with van der Waals surface area (Å²) < 4.78 is 31.8. The van der Waals surface area contributed by atoms with E-state index in [1.165, 1.54) is 34.7 Å². The molecule has 1 saturated heterocycles. The molecule has 3 aromatic heterocycles. The first-order chi connectivity index (χ1) is 17.4. The van der Waals surface area contributed by atoms with Gasteiger partial charge >= 0.3 is 6.61 Å². The summed E-state index contributed by atoms with van der Waals surface area (Å²) in [5.41, 5.74) is 1.65. The van der Waals surface area contributed by atoms with E-state index in [0.717, 1.165) is 24.3 Å². The fraction of sp³-hybridized carbons (Fsp3) is 0.261. The summed E-state index contributed by atoms with van der Waals surface area (Å²) in [5, 5.41) is 13.5. The summed E-state index contributed by atoms with van der Waals surface area (Å²) in [6.45, 7) is -2.03. The van der Waals surface area contributed by atoms with Crippen LogP contribution in [0.25, 0.3) is 16.9 Å². The second-order valence-electron chi connectivity index (χ2n) is 7.72. The molecule has 0 bridgehead atoms. The predicted octanol–water partition coefficient (Wildman–Crippen LogP) is 3.93. The quantitative estimate of drug-likeness (QED) is 0.374. The van der Waals surface area contributed by atoms with Crippen molar-refractivity contribution in [2.75, 3.05) is 25.2 Å². The number of nitrogens with zero attached hydrogens (tertiary/aromatic N) is 5. The van der Waals surface area contributed by atoms with Gasteiger partial charge in [-0.3, -0.25) is 14.7 Å². The normalized spacial score (nSPS) is 13.1. The summed E-state index contributed by atoms with van der Waals surface area (Å²) in [6.07, 6.45) is 9.69. The zero-order chi connectivity index (χ0) is 25.7. The Morgan fingerprint density at radius 1 is 1.31 bits per heavy atom. The van der Waals surface area contributed by atoms with Crippen molar-refractivity contribution < 1.29 is 23.1 Å². The molecule has 2 amide bonds. The molecule has 1 aliphatic rings. The van der Waals surface area contributed by atoms with Crippen molar-refractivity contribution in [3.63, 3.8) is 0 Å². The Labute approximate surface area is 209 Å². The van der Waals surface area contributed by atoms with E-state index in [2.05, 4.69) is 30.3 Å². The molecule has 1 aromatic carbocycles. The van der Waals surface area contributed by atoms with Gasteiger partial charge < -0.3 is 15.0 Å². The highest BCUT2D eigenvalue weighted by Gasteiger charge is 2.20. The number of ether oxygens (including phenoxy) is 1. The number of likely N-dealkylation sites (tertiary alicyclic amines) is 1. The van der Waals surface area contributed by atoms with E-state index in [1.54, 1.807) is 35.5 Å². The third-order valence-corrected chi connectivity index (χ3v) is 6.12. The molecule has 0 aliphatic carbocycles. The number of benzene rings is 1. The van der Waals surface area contributed by atoms with Crippen LogP contribution in [0, 0.1) is 0 Å². The Kier molecular flexibility index (Phi) is 7.78. The number of hydrogen-bond donors (Lipinski definition) is 2. The summed E-state index contributed by atoms with van der Waals surface area (Å²) in [6, 6.07) is 6.50. The number of hydrogen-bond acceptors (Lipinski definition) is 7. The summed E-state index contributed by atoms with van der Waals surface area (Å²) >= 11 is 1.44. The van der Waals surface area contributed by atoms with E-state index in [1.807, 2.05) is 13.3 Å².